The molecule has 3 aromatic rings. The smallest absolute Gasteiger partial charge is 0.264 e. The molecule has 1 amide bonds. The number of hydrogen-bond acceptors (Lipinski definition) is 3. The summed E-state index contributed by atoms with van der Waals surface area (Å²) in [6.45, 7) is 7.36. The zero-order valence-corrected chi connectivity index (χ0v) is 18.5. The van der Waals surface area contributed by atoms with E-state index in [0.29, 0.717) is 11.4 Å². The summed E-state index contributed by atoms with van der Waals surface area (Å²) in [5.41, 5.74) is 5.03. The average molecular weight is 423 g/mol. The molecule has 0 aliphatic heterocycles. The number of nitrogens with one attached hydrogen (secondary N) is 1. The van der Waals surface area contributed by atoms with Gasteiger partial charge in [0.25, 0.3) is 10.0 Å². The van der Waals surface area contributed by atoms with Crippen molar-refractivity contribution in [2.24, 2.45) is 0 Å². The largest absolute Gasteiger partial charge is 0.325 e. The van der Waals surface area contributed by atoms with Crippen LogP contribution in [0.15, 0.2) is 71.6 Å². The summed E-state index contributed by atoms with van der Waals surface area (Å²) in [5, 5.41) is 2.82. The summed E-state index contributed by atoms with van der Waals surface area (Å²) in [7, 11) is -3.92. The third-order valence-corrected chi connectivity index (χ3v) is 6.84. The average Bonchev–Trinajstić information content (AvgIpc) is 2.70. The Bertz CT molecular complexity index is 1170. The van der Waals surface area contributed by atoms with Gasteiger partial charge in [-0.25, -0.2) is 8.42 Å². The monoisotopic (exact) mass is 422 g/mol. The van der Waals surface area contributed by atoms with Crippen LogP contribution >= 0.6 is 0 Å². The molecule has 0 fully saturated rings. The number of nitrogens with zero attached hydrogens (tertiary/aromatic N) is 1. The predicted octanol–water partition coefficient (Wildman–Crippen LogP) is 4.75. The number of anilines is 2. The van der Waals surface area contributed by atoms with Gasteiger partial charge in [-0.3, -0.25) is 9.10 Å². The quantitative estimate of drug-likeness (QED) is 0.623. The molecule has 0 bridgehead atoms. The number of aryl methyl sites for hydroxylation is 4. The maximum atomic E-state index is 13.4. The van der Waals surface area contributed by atoms with Crippen LogP contribution in [-0.2, 0) is 14.8 Å². The molecule has 0 saturated carbocycles. The van der Waals surface area contributed by atoms with Crippen molar-refractivity contribution in [1.82, 2.24) is 0 Å². The van der Waals surface area contributed by atoms with E-state index in [2.05, 4.69) is 5.32 Å². The molecule has 0 heterocycles. The lowest BCUT2D eigenvalue weighted by Crippen LogP contribution is -2.38. The summed E-state index contributed by atoms with van der Waals surface area (Å²) < 4.78 is 28.0. The molecule has 3 rings (SSSR count). The third kappa shape index (κ3) is 4.71. The molecule has 5 nitrogen and oxygen atoms in total. The molecule has 0 aliphatic rings. The zero-order chi connectivity index (χ0) is 21.9. The van der Waals surface area contributed by atoms with Crippen molar-refractivity contribution in [2.45, 2.75) is 32.6 Å². The van der Waals surface area contributed by atoms with E-state index in [9.17, 15) is 13.2 Å². The molecule has 0 unspecified atom stereocenters. The minimum absolute atomic E-state index is 0.148. The van der Waals surface area contributed by atoms with Crippen molar-refractivity contribution >= 4 is 27.3 Å². The fraction of sp³-hybridized carbons (Fsp3) is 0.208. The first-order chi connectivity index (χ1) is 14.2. The summed E-state index contributed by atoms with van der Waals surface area (Å²) in [4.78, 5) is 13.0. The van der Waals surface area contributed by atoms with Gasteiger partial charge in [0, 0.05) is 5.69 Å². The number of para-hydroxylation sites is 1. The molecule has 3 aromatic carbocycles. The second-order valence-electron chi connectivity index (χ2n) is 7.46. The number of rotatable bonds is 6. The van der Waals surface area contributed by atoms with Gasteiger partial charge in [-0.15, -0.1) is 0 Å². The van der Waals surface area contributed by atoms with Crippen LogP contribution in [-0.4, -0.2) is 20.9 Å². The topological polar surface area (TPSA) is 66.5 Å². The molecular weight excluding hydrogens is 396 g/mol. The number of carbonyl (C=O) groups excluding carboxylic acids is 1. The van der Waals surface area contributed by atoms with Crippen LogP contribution in [0.1, 0.15) is 22.3 Å². The van der Waals surface area contributed by atoms with E-state index in [0.717, 1.165) is 22.3 Å². The SMILES string of the molecule is Cc1ccc(S(=O)(=O)N(CC(=O)Nc2ccc(C)c(C)c2)c2ccccc2C)cc1. The molecule has 0 aromatic heterocycles. The minimum Gasteiger partial charge on any atom is -0.325 e. The summed E-state index contributed by atoms with van der Waals surface area (Å²) >= 11 is 0. The van der Waals surface area contributed by atoms with Crippen molar-refractivity contribution in [3.8, 4) is 0 Å². The maximum Gasteiger partial charge on any atom is 0.264 e. The molecule has 0 spiro atoms. The fourth-order valence-electron chi connectivity index (χ4n) is 3.13. The van der Waals surface area contributed by atoms with Crippen molar-refractivity contribution in [3.05, 3.63) is 89.0 Å². The van der Waals surface area contributed by atoms with Crippen LogP contribution in [0, 0.1) is 27.7 Å². The Labute approximate surface area is 178 Å². The first kappa shape index (κ1) is 21.6. The highest BCUT2D eigenvalue weighted by atomic mass is 32.2. The second kappa shape index (κ2) is 8.71. The van der Waals surface area contributed by atoms with Crippen molar-refractivity contribution in [3.63, 3.8) is 0 Å². The lowest BCUT2D eigenvalue weighted by Gasteiger charge is -2.25. The highest BCUT2D eigenvalue weighted by Crippen LogP contribution is 2.27. The number of carbonyl (C=O) groups is 1. The summed E-state index contributed by atoms with van der Waals surface area (Å²) in [5.74, 6) is -0.405. The van der Waals surface area contributed by atoms with E-state index in [1.165, 1.54) is 4.31 Å². The molecule has 0 aliphatic carbocycles. The van der Waals surface area contributed by atoms with Crippen molar-refractivity contribution in [1.29, 1.82) is 0 Å². The van der Waals surface area contributed by atoms with Crippen molar-refractivity contribution in [2.75, 3.05) is 16.2 Å². The Morgan fingerprint density at radius 2 is 1.50 bits per heavy atom. The minimum atomic E-state index is -3.92. The lowest BCUT2D eigenvalue weighted by atomic mass is 10.1. The van der Waals surface area contributed by atoms with Gasteiger partial charge in [-0.1, -0.05) is 42.0 Å². The highest BCUT2D eigenvalue weighted by Gasteiger charge is 2.28. The van der Waals surface area contributed by atoms with Gasteiger partial charge in [0.15, 0.2) is 0 Å². The van der Waals surface area contributed by atoms with Gasteiger partial charge in [0.05, 0.1) is 10.6 Å². The lowest BCUT2D eigenvalue weighted by molar-refractivity contribution is -0.114. The third-order valence-electron chi connectivity index (χ3n) is 5.07. The molecule has 0 saturated heterocycles. The van der Waals surface area contributed by atoms with Gasteiger partial charge in [0.2, 0.25) is 5.91 Å². The number of benzene rings is 3. The molecule has 156 valence electrons. The zero-order valence-electron chi connectivity index (χ0n) is 17.6. The first-order valence-corrected chi connectivity index (χ1v) is 11.1. The van der Waals surface area contributed by atoms with Crippen molar-refractivity contribution < 1.29 is 13.2 Å². The molecule has 1 N–H and O–H groups in total. The Morgan fingerprint density at radius 1 is 0.833 bits per heavy atom. The van der Waals surface area contributed by atoms with E-state index in [-0.39, 0.29) is 11.4 Å². The Kier molecular flexibility index (Phi) is 6.27. The Hall–Kier alpha value is -3.12. The van der Waals surface area contributed by atoms with Gasteiger partial charge in [-0.05, 0) is 74.7 Å². The summed E-state index contributed by atoms with van der Waals surface area (Å²) in [6, 6.07) is 19.4. The van der Waals surface area contributed by atoms with Gasteiger partial charge < -0.3 is 5.32 Å². The number of amides is 1. The van der Waals surface area contributed by atoms with Gasteiger partial charge >= 0.3 is 0 Å². The molecule has 0 atom stereocenters. The van der Waals surface area contributed by atoms with Gasteiger partial charge in [0.1, 0.15) is 6.54 Å². The predicted molar refractivity (Wildman–Crippen MR) is 121 cm³/mol. The number of sulfonamides is 1. The highest BCUT2D eigenvalue weighted by molar-refractivity contribution is 7.92. The van der Waals surface area contributed by atoms with Crippen LogP contribution in [0.25, 0.3) is 0 Å². The molecule has 0 radical (unpaired) electrons. The maximum absolute atomic E-state index is 13.4. The van der Waals surface area contributed by atoms with E-state index < -0.39 is 15.9 Å². The Morgan fingerprint density at radius 3 is 2.13 bits per heavy atom. The van der Waals surface area contributed by atoms with Crippen LogP contribution in [0.3, 0.4) is 0 Å². The second-order valence-corrected chi connectivity index (χ2v) is 9.32. The first-order valence-electron chi connectivity index (χ1n) is 9.70. The van der Waals surface area contributed by atoms with Gasteiger partial charge in [-0.2, -0.15) is 0 Å². The van der Waals surface area contributed by atoms with E-state index in [1.54, 1.807) is 36.4 Å². The standard InChI is InChI=1S/C24H26N2O3S/c1-17-9-13-22(14-10-17)30(28,29)26(23-8-6-5-7-19(23)3)16-24(27)25-21-12-11-18(2)20(4)15-21/h5-15H,16H2,1-4H3,(H,25,27). The normalized spacial score (nSPS) is 11.2. The number of hydrogen-bond donors (Lipinski definition) is 1. The van der Waals surface area contributed by atoms with Crippen LogP contribution in [0.4, 0.5) is 11.4 Å². The van der Waals surface area contributed by atoms with Crippen LogP contribution in [0.2, 0.25) is 0 Å². The van der Waals surface area contributed by atoms with E-state index in [1.807, 2.05) is 58.0 Å². The fourth-order valence-corrected chi connectivity index (χ4v) is 4.62. The van der Waals surface area contributed by atoms with E-state index >= 15 is 0 Å². The Balaban J connectivity index is 1.95. The summed E-state index contributed by atoms with van der Waals surface area (Å²) in [6.07, 6.45) is 0. The molecule has 30 heavy (non-hydrogen) atoms. The van der Waals surface area contributed by atoms with E-state index in [4.69, 9.17) is 0 Å². The molecule has 6 heteroatoms. The van der Waals surface area contributed by atoms with Crippen LogP contribution in [0.5, 0.6) is 0 Å². The van der Waals surface area contributed by atoms with Crippen LogP contribution < -0.4 is 9.62 Å². The molecular formula is C24H26N2O3S.